The monoisotopic (exact) mass is 204 g/mol. The molecule has 1 unspecified atom stereocenters. The van der Waals surface area contributed by atoms with Crippen LogP contribution in [0.4, 0.5) is 4.79 Å². The van der Waals surface area contributed by atoms with Gasteiger partial charge in [-0.05, 0) is 20.7 Å². The molecule has 0 aliphatic rings. The smallest absolute Gasteiger partial charge is 0.237 e. The second-order valence-corrected chi connectivity index (χ2v) is 5.20. The summed E-state index contributed by atoms with van der Waals surface area (Å²) in [6, 6.07) is 0. The lowest BCUT2D eigenvalue weighted by Crippen LogP contribution is -2.33. The maximum Gasteiger partial charge on any atom is 0.237 e. The van der Waals surface area contributed by atoms with E-state index in [9.17, 15) is 4.79 Å². The van der Waals surface area contributed by atoms with Crippen molar-refractivity contribution < 1.29 is 4.79 Å². The Bertz CT molecular complexity index is 154. The van der Waals surface area contributed by atoms with Crippen molar-refractivity contribution in [2.45, 2.75) is 20.8 Å². The van der Waals surface area contributed by atoms with Gasteiger partial charge in [-0.2, -0.15) is 0 Å². The van der Waals surface area contributed by atoms with Crippen LogP contribution in [0.25, 0.3) is 0 Å². The molecule has 0 rings (SSSR count). The van der Waals surface area contributed by atoms with Gasteiger partial charge in [0, 0.05) is 19.6 Å². The molecule has 0 aromatic carbocycles. The predicted octanol–water partition coefficient (Wildman–Crippen LogP) is 1.64. The van der Waals surface area contributed by atoms with Crippen molar-refractivity contribution in [3.8, 4) is 0 Å². The van der Waals surface area contributed by atoms with Crippen LogP contribution in [0.2, 0.25) is 0 Å². The van der Waals surface area contributed by atoms with Crippen molar-refractivity contribution in [2.24, 2.45) is 5.41 Å². The van der Waals surface area contributed by atoms with Crippen LogP contribution in [0.15, 0.2) is 0 Å². The molecule has 0 bridgehead atoms. The molecule has 0 saturated heterocycles. The van der Waals surface area contributed by atoms with Gasteiger partial charge in [-0.25, -0.2) is 0 Å². The molecule has 0 aromatic heterocycles. The van der Waals surface area contributed by atoms with Crippen LogP contribution in [-0.2, 0) is 0 Å². The fourth-order valence-corrected chi connectivity index (χ4v) is 1.12. The van der Waals surface area contributed by atoms with E-state index < -0.39 is 0 Å². The zero-order valence-electron chi connectivity index (χ0n) is 9.03. The predicted molar refractivity (Wildman–Crippen MR) is 60.0 cm³/mol. The number of amides is 1. The lowest BCUT2D eigenvalue weighted by atomic mass is 9.97. The molecule has 0 aromatic rings. The highest BCUT2D eigenvalue weighted by Crippen LogP contribution is 2.09. The second-order valence-electron chi connectivity index (χ2n) is 4.24. The van der Waals surface area contributed by atoms with Gasteiger partial charge in [0.1, 0.15) is 0 Å². The van der Waals surface area contributed by atoms with Gasteiger partial charge in [-0.15, -0.1) is 0 Å². The molecular weight excluding hydrogens is 183 g/mol. The summed E-state index contributed by atoms with van der Waals surface area (Å²) in [5.41, 5.74) is 0.467. The molecule has 0 spiro atoms. The molecule has 3 nitrogen and oxygen atoms in total. The SMILES string of the molecule is CPC(=O)NCCNCC(C)(C)C. The maximum atomic E-state index is 10.8. The zero-order chi connectivity index (χ0) is 10.3. The van der Waals surface area contributed by atoms with E-state index in [0.29, 0.717) is 14.0 Å². The van der Waals surface area contributed by atoms with E-state index in [1.807, 2.05) is 6.66 Å². The van der Waals surface area contributed by atoms with Crippen LogP contribution in [0, 0.1) is 5.41 Å². The highest BCUT2D eigenvalue weighted by Gasteiger charge is 2.08. The molecule has 1 atom stereocenters. The third-order valence-corrected chi connectivity index (χ3v) is 2.10. The number of nitrogens with one attached hydrogen (secondary N) is 2. The Balaban J connectivity index is 3.22. The highest BCUT2D eigenvalue weighted by molar-refractivity contribution is 7.56. The second kappa shape index (κ2) is 6.33. The van der Waals surface area contributed by atoms with Gasteiger partial charge in [-0.1, -0.05) is 20.8 Å². The van der Waals surface area contributed by atoms with Gasteiger partial charge in [0.2, 0.25) is 5.65 Å². The van der Waals surface area contributed by atoms with Gasteiger partial charge in [0.25, 0.3) is 0 Å². The fraction of sp³-hybridized carbons (Fsp3) is 0.889. The van der Waals surface area contributed by atoms with Gasteiger partial charge >= 0.3 is 0 Å². The first kappa shape index (κ1) is 12.9. The number of hydrogen-bond acceptors (Lipinski definition) is 2. The van der Waals surface area contributed by atoms with E-state index in [1.54, 1.807) is 0 Å². The summed E-state index contributed by atoms with van der Waals surface area (Å²) in [6.45, 7) is 11.0. The van der Waals surface area contributed by atoms with Crippen molar-refractivity contribution in [1.29, 1.82) is 0 Å². The minimum atomic E-state index is 0.151. The topological polar surface area (TPSA) is 41.1 Å². The standard InChI is InChI=1S/C9H21N2OP/c1-9(2,3)7-10-5-6-11-8(12)13-4/h10,13H,5-7H2,1-4H3,(H,11,12). The third-order valence-electron chi connectivity index (χ3n) is 1.47. The van der Waals surface area contributed by atoms with Crippen molar-refractivity contribution in [1.82, 2.24) is 10.6 Å². The molecule has 0 aliphatic carbocycles. The van der Waals surface area contributed by atoms with E-state index >= 15 is 0 Å². The first-order chi connectivity index (χ1) is 5.95. The Morgan fingerprint density at radius 1 is 1.31 bits per heavy atom. The van der Waals surface area contributed by atoms with Crippen molar-refractivity contribution in [3.05, 3.63) is 0 Å². The summed E-state index contributed by atoms with van der Waals surface area (Å²) in [7, 11) is 0.355. The van der Waals surface area contributed by atoms with Crippen LogP contribution < -0.4 is 10.6 Å². The molecule has 1 amide bonds. The average molecular weight is 204 g/mol. The molecule has 0 saturated carbocycles. The van der Waals surface area contributed by atoms with Crippen LogP contribution in [0.1, 0.15) is 20.8 Å². The quantitative estimate of drug-likeness (QED) is 0.528. The molecule has 78 valence electrons. The van der Waals surface area contributed by atoms with Gasteiger partial charge in [0.05, 0.1) is 0 Å². The number of carbonyl (C=O) groups is 1. The highest BCUT2D eigenvalue weighted by atomic mass is 31.1. The van der Waals surface area contributed by atoms with Crippen molar-refractivity contribution >= 4 is 14.2 Å². The Hall–Kier alpha value is -0.140. The number of carbonyl (C=O) groups excluding carboxylic acids is 1. The van der Waals surface area contributed by atoms with E-state index in [4.69, 9.17) is 0 Å². The van der Waals surface area contributed by atoms with E-state index in [2.05, 4.69) is 31.4 Å². The minimum absolute atomic E-state index is 0.151. The average Bonchev–Trinajstić information content (AvgIpc) is 2.01. The van der Waals surface area contributed by atoms with E-state index in [0.717, 1.165) is 19.6 Å². The molecular formula is C9H21N2OP. The van der Waals surface area contributed by atoms with Crippen molar-refractivity contribution in [2.75, 3.05) is 26.3 Å². The van der Waals surface area contributed by atoms with Gasteiger partial charge in [-0.3, -0.25) is 4.79 Å². The zero-order valence-corrected chi connectivity index (χ0v) is 10.0. The van der Waals surface area contributed by atoms with Gasteiger partial charge in [0.15, 0.2) is 0 Å². The summed E-state index contributed by atoms with van der Waals surface area (Å²) in [5.74, 6) is 0. The van der Waals surface area contributed by atoms with E-state index in [1.165, 1.54) is 0 Å². The molecule has 0 radical (unpaired) electrons. The summed E-state index contributed by atoms with van der Waals surface area (Å²) in [6.07, 6.45) is 0. The lowest BCUT2D eigenvalue weighted by molar-refractivity contribution is 0.260. The Kier molecular flexibility index (Phi) is 6.27. The summed E-state index contributed by atoms with van der Waals surface area (Å²) < 4.78 is 0. The van der Waals surface area contributed by atoms with Crippen LogP contribution in [0.3, 0.4) is 0 Å². The molecule has 0 fully saturated rings. The van der Waals surface area contributed by atoms with Crippen molar-refractivity contribution in [3.63, 3.8) is 0 Å². The Morgan fingerprint density at radius 3 is 2.38 bits per heavy atom. The maximum absolute atomic E-state index is 10.8. The van der Waals surface area contributed by atoms with Gasteiger partial charge < -0.3 is 10.6 Å². The lowest BCUT2D eigenvalue weighted by Gasteiger charge is -2.18. The minimum Gasteiger partial charge on any atom is -0.351 e. The Morgan fingerprint density at radius 2 is 1.92 bits per heavy atom. The number of rotatable bonds is 5. The molecule has 2 N–H and O–H groups in total. The molecule has 13 heavy (non-hydrogen) atoms. The summed E-state index contributed by atoms with van der Waals surface area (Å²) in [5, 5.41) is 6.12. The van der Waals surface area contributed by atoms with E-state index in [-0.39, 0.29) is 5.65 Å². The van der Waals surface area contributed by atoms with Crippen LogP contribution in [0.5, 0.6) is 0 Å². The normalized spacial score (nSPS) is 12.3. The number of hydrogen-bond donors (Lipinski definition) is 2. The summed E-state index contributed by atoms with van der Waals surface area (Å²) in [4.78, 5) is 10.8. The third kappa shape index (κ3) is 9.78. The first-order valence-corrected chi connectivity index (χ1v) is 6.12. The molecule has 0 heterocycles. The molecule has 4 heteroatoms. The largest absolute Gasteiger partial charge is 0.351 e. The summed E-state index contributed by atoms with van der Waals surface area (Å²) >= 11 is 0. The Labute approximate surface area is 82.8 Å². The molecule has 0 aliphatic heterocycles. The fourth-order valence-electron chi connectivity index (χ4n) is 0.816. The first-order valence-electron chi connectivity index (χ1n) is 4.62. The van der Waals surface area contributed by atoms with Crippen LogP contribution >= 0.6 is 8.58 Å². The van der Waals surface area contributed by atoms with Crippen LogP contribution in [-0.4, -0.2) is 31.9 Å².